The highest BCUT2D eigenvalue weighted by atomic mass is 16.5. The predicted octanol–water partition coefficient (Wildman–Crippen LogP) is 2.13. The Morgan fingerprint density at radius 3 is 2.43 bits per heavy atom. The van der Waals surface area contributed by atoms with Crippen LogP contribution in [0.4, 0.5) is 0 Å². The fourth-order valence-electron chi connectivity index (χ4n) is 1.60. The normalized spacial score (nSPS) is 10.1. The third kappa shape index (κ3) is 3.08. The van der Waals surface area contributed by atoms with E-state index in [1.54, 1.807) is 49.1 Å². The Morgan fingerprint density at radius 1 is 0.952 bits per heavy atom. The molecule has 3 aromatic rings. The van der Waals surface area contributed by atoms with E-state index < -0.39 is 0 Å². The highest BCUT2D eigenvalue weighted by molar-refractivity contribution is 5.56. The first-order chi connectivity index (χ1) is 10.3. The van der Waals surface area contributed by atoms with Crippen molar-refractivity contribution in [2.24, 2.45) is 0 Å². The van der Waals surface area contributed by atoms with Crippen molar-refractivity contribution in [2.45, 2.75) is 0 Å². The molecule has 0 fully saturated rings. The van der Waals surface area contributed by atoms with E-state index in [1.807, 2.05) is 0 Å². The summed E-state index contributed by atoms with van der Waals surface area (Å²) in [6, 6.07) is 7.30. The van der Waals surface area contributed by atoms with Crippen molar-refractivity contribution in [1.82, 2.24) is 25.1 Å². The zero-order valence-electron chi connectivity index (χ0n) is 11.2. The zero-order valence-corrected chi connectivity index (χ0v) is 11.2. The summed E-state index contributed by atoms with van der Waals surface area (Å²) in [4.78, 5) is 12.2. The van der Waals surface area contributed by atoms with E-state index in [4.69, 9.17) is 9.47 Å². The lowest BCUT2D eigenvalue weighted by molar-refractivity contribution is 0.392. The van der Waals surface area contributed by atoms with Gasteiger partial charge in [-0.1, -0.05) is 0 Å². The Kier molecular flexibility index (Phi) is 3.64. The van der Waals surface area contributed by atoms with Gasteiger partial charge in [-0.2, -0.15) is 0 Å². The fourth-order valence-corrected chi connectivity index (χ4v) is 1.60. The smallest absolute Gasteiger partial charge is 0.321 e. The van der Waals surface area contributed by atoms with Gasteiger partial charge in [-0.3, -0.25) is 4.98 Å². The molecule has 104 valence electrons. The second-order valence-electron chi connectivity index (χ2n) is 4.01. The van der Waals surface area contributed by atoms with Crippen LogP contribution in [0.2, 0.25) is 0 Å². The van der Waals surface area contributed by atoms with Crippen LogP contribution in [0.5, 0.6) is 17.6 Å². The van der Waals surface area contributed by atoms with Crippen molar-refractivity contribution in [1.29, 1.82) is 0 Å². The molecule has 0 radical (unpaired) electrons. The van der Waals surface area contributed by atoms with Crippen molar-refractivity contribution in [3.8, 4) is 28.9 Å². The summed E-state index contributed by atoms with van der Waals surface area (Å²) < 4.78 is 10.4. The van der Waals surface area contributed by atoms with Crippen molar-refractivity contribution >= 4 is 0 Å². The van der Waals surface area contributed by atoms with Crippen molar-refractivity contribution < 1.29 is 9.47 Å². The molecule has 21 heavy (non-hydrogen) atoms. The molecule has 3 heterocycles. The van der Waals surface area contributed by atoms with Gasteiger partial charge in [0.1, 0.15) is 5.75 Å². The largest absolute Gasteiger partial charge is 0.480 e. The molecule has 3 aromatic heterocycles. The Balaban J connectivity index is 1.77. The molecule has 0 saturated heterocycles. The molecule has 3 rings (SSSR count). The summed E-state index contributed by atoms with van der Waals surface area (Å²) in [5.41, 5.74) is 1.40. The van der Waals surface area contributed by atoms with Crippen molar-refractivity contribution in [3.63, 3.8) is 0 Å². The molecule has 0 aliphatic rings. The fraction of sp³-hybridized carbons (Fsp3) is 0.0714. The van der Waals surface area contributed by atoms with Crippen LogP contribution >= 0.6 is 0 Å². The second kappa shape index (κ2) is 5.91. The lowest BCUT2D eigenvalue weighted by Gasteiger charge is -2.04. The van der Waals surface area contributed by atoms with E-state index in [9.17, 15) is 0 Å². The summed E-state index contributed by atoms with van der Waals surface area (Å²) in [7, 11) is 1.54. The maximum absolute atomic E-state index is 5.46. The Labute approximate surface area is 120 Å². The number of rotatable bonds is 4. The number of nitrogens with zero attached hydrogens (tertiary/aromatic N) is 5. The third-order valence-electron chi connectivity index (χ3n) is 2.62. The minimum atomic E-state index is 0.244. The SMILES string of the molecule is COc1ccc(-c2cnc(Oc3cccnc3)nc2)nn1. The first kappa shape index (κ1) is 12.9. The molecule has 7 heteroatoms. The molecule has 0 spiro atoms. The summed E-state index contributed by atoms with van der Waals surface area (Å²) >= 11 is 0. The van der Waals surface area contributed by atoms with Gasteiger partial charge < -0.3 is 9.47 Å². The number of aromatic nitrogens is 5. The second-order valence-corrected chi connectivity index (χ2v) is 4.01. The average Bonchev–Trinajstić information content (AvgIpc) is 2.57. The van der Waals surface area contributed by atoms with Crippen molar-refractivity contribution in [3.05, 3.63) is 49.1 Å². The molecule has 0 saturated carbocycles. The lowest BCUT2D eigenvalue weighted by Crippen LogP contribution is -1.95. The van der Waals surface area contributed by atoms with Crippen LogP contribution in [0, 0.1) is 0 Å². The zero-order chi connectivity index (χ0) is 14.5. The number of methoxy groups -OCH3 is 1. The summed E-state index contributed by atoms with van der Waals surface area (Å²) in [5.74, 6) is 1.03. The Hall–Kier alpha value is -3.09. The van der Waals surface area contributed by atoms with Gasteiger partial charge in [-0.15, -0.1) is 10.2 Å². The van der Waals surface area contributed by atoms with Gasteiger partial charge in [-0.25, -0.2) is 9.97 Å². The third-order valence-corrected chi connectivity index (χ3v) is 2.62. The van der Waals surface area contributed by atoms with E-state index in [1.165, 1.54) is 7.11 Å². The molecule has 0 aliphatic heterocycles. The highest BCUT2D eigenvalue weighted by Gasteiger charge is 2.05. The maximum Gasteiger partial charge on any atom is 0.321 e. The predicted molar refractivity (Wildman–Crippen MR) is 73.9 cm³/mol. The monoisotopic (exact) mass is 281 g/mol. The molecule has 7 nitrogen and oxygen atoms in total. The van der Waals surface area contributed by atoms with Crippen LogP contribution in [0.25, 0.3) is 11.3 Å². The number of ether oxygens (including phenoxy) is 2. The molecule has 0 amide bonds. The quantitative estimate of drug-likeness (QED) is 0.724. The van der Waals surface area contributed by atoms with E-state index in [0.717, 1.165) is 5.56 Å². The van der Waals surface area contributed by atoms with Crippen LogP contribution in [-0.2, 0) is 0 Å². The highest BCUT2D eigenvalue weighted by Crippen LogP contribution is 2.19. The maximum atomic E-state index is 5.46. The van der Waals surface area contributed by atoms with Crippen LogP contribution in [0.1, 0.15) is 0 Å². The van der Waals surface area contributed by atoms with Gasteiger partial charge in [0.05, 0.1) is 19.0 Å². The van der Waals surface area contributed by atoms with E-state index in [0.29, 0.717) is 17.3 Å². The molecule has 0 atom stereocenters. The topological polar surface area (TPSA) is 82.9 Å². The Bertz CT molecular complexity index is 702. The van der Waals surface area contributed by atoms with Gasteiger partial charge in [-0.05, 0) is 18.2 Å². The van der Waals surface area contributed by atoms with Crippen LogP contribution in [0.3, 0.4) is 0 Å². The summed E-state index contributed by atoms with van der Waals surface area (Å²) in [5, 5.41) is 7.92. The number of hydrogen-bond acceptors (Lipinski definition) is 7. The number of pyridine rings is 1. The average molecular weight is 281 g/mol. The molecular formula is C14H11N5O2. The Morgan fingerprint density at radius 2 is 1.81 bits per heavy atom. The molecule has 0 aliphatic carbocycles. The molecular weight excluding hydrogens is 270 g/mol. The molecule has 0 N–H and O–H groups in total. The summed E-state index contributed by atoms with van der Waals surface area (Å²) in [6.07, 6.45) is 6.50. The van der Waals surface area contributed by atoms with Gasteiger partial charge in [0.25, 0.3) is 0 Å². The number of hydrogen-bond donors (Lipinski definition) is 0. The van der Waals surface area contributed by atoms with Crippen LogP contribution in [0.15, 0.2) is 49.1 Å². The van der Waals surface area contributed by atoms with Gasteiger partial charge >= 0.3 is 6.01 Å². The molecule has 0 unspecified atom stereocenters. The van der Waals surface area contributed by atoms with Crippen molar-refractivity contribution in [2.75, 3.05) is 7.11 Å². The van der Waals surface area contributed by atoms with Gasteiger partial charge in [0, 0.05) is 30.2 Å². The molecule has 0 bridgehead atoms. The first-order valence-electron chi connectivity index (χ1n) is 6.13. The van der Waals surface area contributed by atoms with Crippen LogP contribution in [-0.4, -0.2) is 32.3 Å². The van der Waals surface area contributed by atoms with Gasteiger partial charge in [0.15, 0.2) is 0 Å². The summed E-state index contributed by atoms with van der Waals surface area (Å²) in [6.45, 7) is 0. The molecule has 0 aromatic carbocycles. The van der Waals surface area contributed by atoms with Crippen LogP contribution < -0.4 is 9.47 Å². The lowest BCUT2D eigenvalue weighted by atomic mass is 10.2. The standard InChI is InChI=1S/C14H11N5O2/c1-20-13-5-4-12(18-19-13)10-7-16-14(17-8-10)21-11-3-2-6-15-9-11/h2-9H,1H3. The minimum Gasteiger partial charge on any atom is -0.480 e. The van der Waals surface area contributed by atoms with Gasteiger partial charge in [0.2, 0.25) is 5.88 Å². The first-order valence-corrected chi connectivity index (χ1v) is 6.13. The van der Waals surface area contributed by atoms with E-state index in [-0.39, 0.29) is 6.01 Å². The van der Waals surface area contributed by atoms with E-state index in [2.05, 4.69) is 25.1 Å². The van der Waals surface area contributed by atoms with E-state index >= 15 is 0 Å². The minimum absolute atomic E-state index is 0.244.